The standard InChI is InChI=1S/C29H37FN4O6/c1-32(2)18-11-14(12-34-7-5-15(30)6-8-34)24(35)20-16(18)9-13-10-17-21(26(37)19(13)25(20)36)27(38)22(29(31)40)28(39)23(17)33(3)4/h11,13,15,17,21,23,35-36,39H,5-10,12H2,1-4H3,(H2,31,40)/t13?,17?,21?,23-/m1/s1. The Morgan fingerprint density at radius 2 is 1.75 bits per heavy atom. The van der Waals surface area contributed by atoms with E-state index in [2.05, 4.69) is 4.90 Å². The summed E-state index contributed by atoms with van der Waals surface area (Å²) in [6.45, 7) is 1.44. The van der Waals surface area contributed by atoms with Crippen molar-refractivity contribution in [2.75, 3.05) is 46.2 Å². The van der Waals surface area contributed by atoms with Gasteiger partial charge in [-0.3, -0.25) is 24.2 Å². The fourth-order valence-corrected chi connectivity index (χ4v) is 7.19. The van der Waals surface area contributed by atoms with E-state index in [0.717, 1.165) is 5.69 Å². The molecular weight excluding hydrogens is 519 g/mol. The molecular formula is C29H37FN4O6. The van der Waals surface area contributed by atoms with E-state index < -0.39 is 58.8 Å². The summed E-state index contributed by atoms with van der Waals surface area (Å²) < 4.78 is 13.7. The number of aliphatic hydroxyl groups excluding tert-OH is 2. The molecule has 40 heavy (non-hydrogen) atoms. The molecule has 1 saturated carbocycles. The number of carbonyl (C=O) groups is 3. The van der Waals surface area contributed by atoms with Crippen molar-refractivity contribution in [2.24, 2.45) is 23.5 Å². The highest BCUT2D eigenvalue weighted by Crippen LogP contribution is 2.52. The van der Waals surface area contributed by atoms with E-state index in [4.69, 9.17) is 5.73 Å². The Labute approximate surface area is 232 Å². The second-order valence-electron chi connectivity index (χ2n) is 11.9. The molecule has 0 spiro atoms. The third-order valence-corrected chi connectivity index (χ3v) is 9.01. The summed E-state index contributed by atoms with van der Waals surface area (Å²) in [7, 11) is 7.10. The number of amides is 1. The first-order chi connectivity index (χ1) is 18.8. The largest absolute Gasteiger partial charge is 0.510 e. The number of aliphatic hydroxyl groups is 2. The first-order valence-corrected chi connectivity index (χ1v) is 13.7. The van der Waals surface area contributed by atoms with Gasteiger partial charge in [0.05, 0.1) is 17.5 Å². The highest BCUT2D eigenvalue weighted by Gasteiger charge is 2.56. The number of hydrogen-bond donors (Lipinski definition) is 4. The number of nitrogens with two attached hydrogens (primary N) is 1. The van der Waals surface area contributed by atoms with Crippen molar-refractivity contribution in [3.8, 4) is 5.75 Å². The molecule has 0 bridgehead atoms. The molecule has 216 valence electrons. The van der Waals surface area contributed by atoms with E-state index in [0.29, 0.717) is 56.4 Å². The van der Waals surface area contributed by atoms with Crippen LogP contribution in [0.2, 0.25) is 0 Å². The number of benzene rings is 1. The van der Waals surface area contributed by atoms with Crippen LogP contribution in [0, 0.1) is 17.8 Å². The molecule has 1 saturated heterocycles. The van der Waals surface area contributed by atoms with Crippen LogP contribution < -0.4 is 10.6 Å². The van der Waals surface area contributed by atoms with Gasteiger partial charge in [-0.05, 0) is 63.2 Å². The van der Waals surface area contributed by atoms with Gasteiger partial charge in [-0.1, -0.05) is 0 Å². The maximum atomic E-state index is 14.0. The van der Waals surface area contributed by atoms with E-state index in [1.54, 1.807) is 19.0 Å². The number of aromatic hydroxyl groups is 1. The van der Waals surface area contributed by atoms with Gasteiger partial charge in [0.15, 0.2) is 11.6 Å². The summed E-state index contributed by atoms with van der Waals surface area (Å²) >= 11 is 0. The van der Waals surface area contributed by atoms with E-state index in [-0.39, 0.29) is 22.6 Å². The summed E-state index contributed by atoms with van der Waals surface area (Å²) in [5.41, 5.74) is 7.10. The number of ketones is 2. The lowest BCUT2D eigenvalue weighted by atomic mass is 9.59. The molecule has 0 radical (unpaired) electrons. The molecule has 1 aliphatic heterocycles. The maximum Gasteiger partial charge on any atom is 0.255 e. The Morgan fingerprint density at radius 3 is 2.33 bits per heavy atom. The van der Waals surface area contributed by atoms with E-state index >= 15 is 0 Å². The van der Waals surface area contributed by atoms with Gasteiger partial charge in [-0.25, -0.2) is 4.39 Å². The Kier molecular flexibility index (Phi) is 7.16. The third kappa shape index (κ3) is 4.35. The van der Waals surface area contributed by atoms with Crippen molar-refractivity contribution < 1.29 is 34.1 Å². The van der Waals surface area contributed by atoms with Crippen LogP contribution in [-0.4, -0.2) is 96.1 Å². The first-order valence-electron chi connectivity index (χ1n) is 13.7. The van der Waals surface area contributed by atoms with Crippen molar-refractivity contribution in [2.45, 2.75) is 44.4 Å². The fraction of sp³-hybridized carbons (Fsp3) is 0.552. The van der Waals surface area contributed by atoms with Crippen molar-refractivity contribution in [1.29, 1.82) is 0 Å². The third-order valence-electron chi connectivity index (χ3n) is 9.01. The van der Waals surface area contributed by atoms with Gasteiger partial charge in [-0.2, -0.15) is 0 Å². The summed E-state index contributed by atoms with van der Waals surface area (Å²) in [5.74, 6) is -5.89. The number of Topliss-reactive ketones (excluding diaryl/α,β-unsaturated/α-hetero) is 2. The molecule has 3 aliphatic carbocycles. The number of likely N-dealkylation sites (tertiary alicyclic amines) is 1. The minimum Gasteiger partial charge on any atom is -0.510 e. The number of anilines is 1. The Balaban J connectivity index is 1.61. The van der Waals surface area contributed by atoms with E-state index in [9.17, 15) is 34.1 Å². The molecule has 2 fully saturated rings. The van der Waals surface area contributed by atoms with Crippen LogP contribution in [0.25, 0.3) is 5.76 Å². The first kappa shape index (κ1) is 28.1. The topological polar surface area (TPSA) is 148 Å². The monoisotopic (exact) mass is 556 g/mol. The SMILES string of the molecule is CN(C)c1cc(CN2CCC(F)CC2)c(O)c2c1CC1CC3C(C(=O)C(C(N)=O)=C(O)[C@@H]3N(C)C)C(=O)C1=C2O. The normalized spacial score (nSPS) is 27.6. The van der Waals surface area contributed by atoms with Gasteiger partial charge in [0, 0.05) is 50.6 Å². The molecule has 1 aromatic carbocycles. The molecule has 1 amide bonds. The highest BCUT2D eigenvalue weighted by atomic mass is 19.1. The van der Waals surface area contributed by atoms with Crippen LogP contribution in [0.3, 0.4) is 0 Å². The van der Waals surface area contributed by atoms with Crippen molar-refractivity contribution in [3.05, 3.63) is 39.7 Å². The molecule has 1 aromatic rings. The number of phenolic OH excluding ortho intramolecular Hbond substituents is 1. The van der Waals surface area contributed by atoms with Crippen LogP contribution in [0.1, 0.15) is 36.0 Å². The zero-order valence-electron chi connectivity index (χ0n) is 23.3. The van der Waals surface area contributed by atoms with Crippen molar-refractivity contribution in [3.63, 3.8) is 0 Å². The van der Waals surface area contributed by atoms with Gasteiger partial charge in [0.1, 0.15) is 29.0 Å². The lowest BCUT2D eigenvalue weighted by Crippen LogP contribution is -2.55. The van der Waals surface area contributed by atoms with Crippen LogP contribution in [0.5, 0.6) is 5.75 Å². The Morgan fingerprint density at radius 1 is 1.10 bits per heavy atom. The lowest BCUT2D eigenvalue weighted by Gasteiger charge is -2.46. The molecule has 10 nitrogen and oxygen atoms in total. The number of primary amides is 1. The zero-order valence-corrected chi connectivity index (χ0v) is 23.3. The number of hydrogen-bond acceptors (Lipinski definition) is 9. The molecule has 3 unspecified atom stereocenters. The number of halogens is 1. The molecule has 4 aliphatic rings. The zero-order chi connectivity index (χ0) is 29.2. The average molecular weight is 557 g/mol. The Bertz CT molecular complexity index is 1340. The minimum absolute atomic E-state index is 0.0558. The van der Waals surface area contributed by atoms with E-state index in [1.165, 1.54) is 0 Å². The highest BCUT2D eigenvalue weighted by molar-refractivity contribution is 6.28. The lowest BCUT2D eigenvalue weighted by molar-refractivity contribution is -0.136. The van der Waals surface area contributed by atoms with Crippen LogP contribution in [-0.2, 0) is 27.3 Å². The second kappa shape index (κ2) is 10.2. The molecule has 0 aromatic heterocycles. The van der Waals surface area contributed by atoms with Crippen LogP contribution in [0.4, 0.5) is 10.1 Å². The average Bonchev–Trinajstić information content (AvgIpc) is 2.85. The Hall–Kier alpha value is -3.44. The number of likely N-dealkylation sites (N-methyl/N-ethyl adjacent to an activating group) is 1. The van der Waals surface area contributed by atoms with Gasteiger partial charge >= 0.3 is 0 Å². The number of rotatable bonds is 5. The molecule has 5 rings (SSSR count). The summed E-state index contributed by atoms with van der Waals surface area (Å²) in [6, 6.07) is 1.10. The van der Waals surface area contributed by atoms with Crippen LogP contribution in [0.15, 0.2) is 23.0 Å². The smallest absolute Gasteiger partial charge is 0.255 e. The molecule has 4 atom stereocenters. The minimum atomic E-state index is -1.29. The van der Waals surface area contributed by atoms with E-state index in [1.807, 2.05) is 25.1 Å². The predicted molar refractivity (Wildman–Crippen MR) is 147 cm³/mol. The number of allylic oxidation sites excluding steroid dienone is 1. The van der Waals surface area contributed by atoms with Gasteiger partial charge in [0.25, 0.3) is 5.91 Å². The summed E-state index contributed by atoms with van der Waals surface area (Å²) in [4.78, 5) is 45.1. The number of piperidine rings is 1. The van der Waals surface area contributed by atoms with Gasteiger partial charge in [-0.15, -0.1) is 0 Å². The second-order valence-corrected chi connectivity index (χ2v) is 11.9. The quantitative estimate of drug-likeness (QED) is 0.315. The molecule has 5 N–H and O–H groups in total. The molecule has 1 heterocycles. The number of fused-ring (bicyclic) bond motifs is 3. The number of alkyl halides is 1. The maximum absolute atomic E-state index is 14.0. The van der Waals surface area contributed by atoms with Crippen molar-refractivity contribution >= 4 is 28.9 Å². The summed E-state index contributed by atoms with van der Waals surface area (Å²) in [5, 5.41) is 33.9. The van der Waals surface area contributed by atoms with Crippen LogP contribution >= 0.6 is 0 Å². The number of phenols is 1. The summed E-state index contributed by atoms with van der Waals surface area (Å²) in [6.07, 6.45) is 0.630. The molecule has 11 heteroatoms. The van der Waals surface area contributed by atoms with Gasteiger partial charge in [0.2, 0.25) is 0 Å². The van der Waals surface area contributed by atoms with Gasteiger partial charge < -0.3 is 26.0 Å². The number of carbonyl (C=O) groups excluding carboxylic acids is 3. The van der Waals surface area contributed by atoms with Crippen molar-refractivity contribution in [1.82, 2.24) is 9.80 Å². The fourth-order valence-electron chi connectivity index (χ4n) is 7.19. The predicted octanol–water partition coefficient (Wildman–Crippen LogP) is 1.85. The number of nitrogens with zero attached hydrogens (tertiary/aromatic N) is 3.